The number of primary amides is 1. The number of fused-ring (bicyclic) bond motifs is 1. The number of hydrogen-bond donors (Lipinski definition) is 1. The van der Waals surface area contributed by atoms with Crippen molar-refractivity contribution < 1.29 is 4.79 Å². The minimum Gasteiger partial charge on any atom is -0.364 e. The summed E-state index contributed by atoms with van der Waals surface area (Å²) in [6, 6.07) is 2.29. The van der Waals surface area contributed by atoms with Gasteiger partial charge in [0.15, 0.2) is 5.65 Å². The van der Waals surface area contributed by atoms with Crippen molar-refractivity contribution in [1.82, 2.24) is 9.55 Å². The molecule has 0 aromatic carbocycles. The second-order valence-electron chi connectivity index (χ2n) is 5.68. The molecule has 108 valence electrons. The summed E-state index contributed by atoms with van der Waals surface area (Å²) in [6.07, 6.45) is 8.64. The van der Waals surface area contributed by atoms with Gasteiger partial charge in [0.25, 0.3) is 5.91 Å². The Balaban J connectivity index is 2.05. The highest BCUT2D eigenvalue weighted by molar-refractivity contribution is 7.18. The van der Waals surface area contributed by atoms with E-state index in [1.807, 2.05) is 13.0 Å². The molecule has 0 radical (unpaired) electrons. The molecule has 0 unspecified atom stereocenters. The topological polar surface area (TPSA) is 60.9 Å². The number of nitrogens with two attached hydrogens (primary N) is 1. The molecule has 2 heterocycles. The zero-order chi connectivity index (χ0) is 14.1. The Bertz CT molecular complexity index is 620. The average Bonchev–Trinajstić information content (AvgIpc) is 2.85. The molecule has 0 bridgehead atoms. The van der Waals surface area contributed by atoms with Crippen molar-refractivity contribution in [2.75, 3.05) is 0 Å². The highest BCUT2D eigenvalue weighted by Crippen LogP contribution is 2.34. The summed E-state index contributed by atoms with van der Waals surface area (Å²) >= 11 is 1.64. The molecule has 3 rings (SSSR count). The van der Waals surface area contributed by atoms with Crippen LogP contribution in [0.4, 0.5) is 0 Å². The highest BCUT2D eigenvalue weighted by Gasteiger charge is 2.23. The highest BCUT2D eigenvalue weighted by atomic mass is 32.1. The number of thiazole rings is 1. The summed E-state index contributed by atoms with van der Waals surface area (Å²) in [4.78, 5) is 16.4. The lowest BCUT2D eigenvalue weighted by Crippen LogP contribution is -2.21. The van der Waals surface area contributed by atoms with Gasteiger partial charge in [0, 0.05) is 6.04 Å². The van der Waals surface area contributed by atoms with E-state index < -0.39 is 0 Å². The van der Waals surface area contributed by atoms with Crippen molar-refractivity contribution in [3.8, 4) is 0 Å². The summed E-state index contributed by atoms with van der Waals surface area (Å²) in [5.74, 6) is -0.338. The molecule has 1 aliphatic carbocycles. The van der Waals surface area contributed by atoms with Gasteiger partial charge >= 0.3 is 0 Å². The number of nitrogens with zero attached hydrogens (tertiary/aromatic N) is 2. The van der Waals surface area contributed by atoms with Crippen LogP contribution < -0.4 is 5.73 Å². The second-order valence-corrected chi connectivity index (χ2v) is 6.92. The maximum absolute atomic E-state index is 11.7. The van der Waals surface area contributed by atoms with E-state index in [1.54, 1.807) is 11.3 Å². The fourth-order valence-corrected chi connectivity index (χ4v) is 4.11. The molecule has 2 N–H and O–H groups in total. The van der Waals surface area contributed by atoms with Gasteiger partial charge in [0.1, 0.15) is 5.69 Å². The molecule has 5 heteroatoms. The molecule has 0 spiro atoms. The Morgan fingerprint density at radius 2 is 1.95 bits per heavy atom. The molecule has 1 saturated carbocycles. The molecule has 1 aliphatic rings. The maximum atomic E-state index is 11.7. The molecule has 20 heavy (non-hydrogen) atoms. The molecule has 4 nitrogen and oxygen atoms in total. The lowest BCUT2D eigenvalue weighted by Gasteiger charge is -2.23. The lowest BCUT2D eigenvalue weighted by atomic mass is 9.96. The number of carbonyl (C=O) groups is 1. The Labute approximate surface area is 123 Å². The monoisotopic (exact) mass is 291 g/mol. The fraction of sp³-hybridized carbons (Fsp3) is 0.600. The maximum Gasteiger partial charge on any atom is 0.265 e. The van der Waals surface area contributed by atoms with Gasteiger partial charge in [0.05, 0.1) is 9.71 Å². The van der Waals surface area contributed by atoms with Crippen molar-refractivity contribution >= 4 is 27.6 Å². The molecule has 1 amide bonds. The van der Waals surface area contributed by atoms with E-state index >= 15 is 0 Å². The fourth-order valence-electron chi connectivity index (χ4n) is 3.26. The van der Waals surface area contributed by atoms with Crippen LogP contribution in [0, 0.1) is 6.92 Å². The quantitative estimate of drug-likeness (QED) is 0.915. The predicted molar refractivity (Wildman–Crippen MR) is 82.2 cm³/mol. The molecule has 0 aliphatic heterocycles. The number of hydrogen-bond acceptors (Lipinski definition) is 3. The summed E-state index contributed by atoms with van der Waals surface area (Å²) in [5.41, 5.74) is 7.15. The summed E-state index contributed by atoms with van der Waals surface area (Å²) in [7, 11) is 0. The van der Waals surface area contributed by atoms with E-state index in [2.05, 4.69) is 9.55 Å². The third kappa shape index (κ3) is 2.46. The molecule has 0 atom stereocenters. The Hall–Kier alpha value is -1.36. The van der Waals surface area contributed by atoms with Crippen LogP contribution in [0.25, 0.3) is 10.3 Å². The van der Waals surface area contributed by atoms with E-state index in [0.29, 0.717) is 11.7 Å². The standard InChI is InChI=1S/C15H21N3OS/c1-10-17-15-13(20-10)9-12(14(16)19)18(15)11-7-5-3-2-4-6-8-11/h9,11H,2-8H2,1H3,(H2,16,19). The first-order valence-corrected chi connectivity index (χ1v) is 8.26. The first-order valence-electron chi connectivity index (χ1n) is 7.45. The second kappa shape index (κ2) is 5.56. The van der Waals surface area contributed by atoms with Gasteiger partial charge in [-0.05, 0) is 25.8 Å². The predicted octanol–water partition coefficient (Wildman–Crippen LogP) is 3.79. The van der Waals surface area contributed by atoms with Crippen molar-refractivity contribution in [3.63, 3.8) is 0 Å². The summed E-state index contributed by atoms with van der Waals surface area (Å²) in [6.45, 7) is 2.01. The van der Waals surface area contributed by atoms with Gasteiger partial charge in [-0.1, -0.05) is 32.1 Å². The smallest absolute Gasteiger partial charge is 0.265 e. The first-order chi connectivity index (χ1) is 9.66. The van der Waals surface area contributed by atoms with Crippen LogP contribution in [0.2, 0.25) is 0 Å². The van der Waals surface area contributed by atoms with Gasteiger partial charge in [-0.2, -0.15) is 0 Å². The number of aryl methyl sites for hydroxylation is 1. The van der Waals surface area contributed by atoms with Crippen LogP contribution in [-0.2, 0) is 0 Å². The van der Waals surface area contributed by atoms with Crippen molar-refractivity contribution in [3.05, 3.63) is 16.8 Å². The van der Waals surface area contributed by atoms with Gasteiger partial charge in [0.2, 0.25) is 0 Å². The van der Waals surface area contributed by atoms with Gasteiger partial charge in [-0.3, -0.25) is 4.79 Å². The van der Waals surface area contributed by atoms with Crippen LogP contribution in [0.1, 0.15) is 66.5 Å². The third-order valence-corrected chi connectivity index (χ3v) is 5.10. The normalized spacial score (nSPS) is 18.1. The first kappa shape index (κ1) is 13.6. The van der Waals surface area contributed by atoms with E-state index in [-0.39, 0.29) is 5.91 Å². The Kier molecular flexibility index (Phi) is 3.78. The molecule has 2 aromatic heterocycles. The van der Waals surface area contributed by atoms with E-state index in [9.17, 15) is 4.79 Å². The van der Waals surface area contributed by atoms with Crippen LogP contribution >= 0.6 is 11.3 Å². The average molecular weight is 291 g/mol. The Morgan fingerprint density at radius 1 is 1.30 bits per heavy atom. The minimum absolute atomic E-state index is 0.338. The minimum atomic E-state index is -0.338. The number of carbonyl (C=O) groups excluding carboxylic acids is 1. The van der Waals surface area contributed by atoms with E-state index in [0.717, 1.165) is 28.2 Å². The lowest BCUT2D eigenvalue weighted by molar-refractivity contribution is 0.0988. The van der Waals surface area contributed by atoms with Crippen LogP contribution in [0.5, 0.6) is 0 Å². The molecular weight excluding hydrogens is 270 g/mol. The van der Waals surface area contributed by atoms with Crippen LogP contribution in [-0.4, -0.2) is 15.5 Å². The zero-order valence-corrected chi connectivity index (χ0v) is 12.7. The molecule has 2 aromatic rings. The van der Waals surface area contributed by atoms with Crippen LogP contribution in [0.15, 0.2) is 6.07 Å². The van der Waals surface area contributed by atoms with E-state index in [1.165, 1.54) is 32.1 Å². The molecule has 0 saturated heterocycles. The molecular formula is C15H21N3OS. The number of rotatable bonds is 2. The number of amides is 1. The largest absolute Gasteiger partial charge is 0.364 e. The van der Waals surface area contributed by atoms with Gasteiger partial charge < -0.3 is 10.3 Å². The SMILES string of the molecule is Cc1nc2c(cc(C(N)=O)n2C2CCCCCCC2)s1. The number of aromatic nitrogens is 2. The van der Waals surface area contributed by atoms with Crippen LogP contribution in [0.3, 0.4) is 0 Å². The van der Waals surface area contributed by atoms with Gasteiger partial charge in [-0.15, -0.1) is 11.3 Å². The molecule has 1 fully saturated rings. The third-order valence-electron chi connectivity index (χ3n) is 4.19. The Morgan fingerprint density at radius 3 is 2.60 bits per heavy atom. The van der Waals surface area contributed by atoms with Crippen molar-refractivity contribution in [1.29, 1.82) is 0 Å². The summed E-state index contributed by atoms with van der Waals surface area (Å²) in [5, 5.41) is 1.05. The van der Waals surface area contributed by atoms with Crippen molar-refractivity contribution in [2.45, 2.75) is 57.9 Å². The zero-order valence-electron chi connectivity index (χ0n) is 11.9. The summed E-state index contributed by atoms with van der Waals surface area (Å²) < 4.78 is 3.20. The van der Waals surface area contributed by atoms with Gasteiger partial charge in [-0.25, -0.2) is 4.98 Å². The van der Waals surface area contributed by atoms with Crippen molar-refractivity contribution in [2.24, 2.45) is 5.73 Å². The van der Waals surface area contributed by atoms with E-state index in [4.69, 9.17) is 5.73 Å².